The molecule has 0 spiro atoms. The van der Waals surface area contributed by atoms with Gasteiger partial charge in [0.2, 0.25) is 5.91 Å². The molecule has 4 heterocycles. The molecule has 3 aromatic heterocycles. The molecule has 1 fully saturated rings. The highest BCUT2D eigenvalue weighted by atomic mass is 32.1. The van der Waals surface area contributed by atoms with Gasteiger partial charge in [0, 0.05) is 60.8 Å². The molecule has 1 aliphatic heterocycles. The van der Waals surface area contributed by atoms with Crippen LogP contribution in [0.4, 0.5) is 0 Å². The number of amides is 1. The van der Waals surface area contributed by atoms with Crippen LogP contribution in [-0.4, -0.2) is 56.3 Å². The molecule has 1 amide bonds. The summed E-state index contributed by atoms with van der Waals surface area (Å²) >= 11 is 3.35. The summed E-state index contributed by atoms with van der Waals surface area (Å²) in [7, 11) is 0. The summed E-state index contributed by atoms with van der Waals surface area (Å²) in [6.07, 6.45) is 5.66. The third kappa shape index (κ3) is 4.39. The van der Waals surface area contributed by atoms with Crippen LogP contribution in [0.15, 0.2) is 48.0 Å². The van der Waals surface area contributed by atoms with Crippen molar-refractivity contribution < 1.29 is 4.79 Å². The lowest BCUT2D eigenvalue weighted by atomic mass is 10.2. The quantitative estimate of drug-likeness (QED) is 0.409. The van der Waals surface area contributed by atoms with Crippen LogP contribution in [0.3, 0.4) is 0 Å². The van der Waals surface area contributed by atoms with Crippen molar-refractivity contribution in [1.82, 2.24) is 24.2 Å². The zero-order chi connectivity index (χ0) is 22.1. The van der Waals surface area contributed by atoms with E-state index in [4.69, 9.17) is 4.98 Å². The molecule has 1 aromatic carbocycles. The molecular formula is C24H25N5OS2. The van der Waals surface area contributed by atoms with Crippen molar-refractivity contribution in [1.29, 1.82) is 0 Å². The van der Waals surface area contributed by atoms with Crippen molar-refractivity contribution in [3.8, 4) is 10.6 Å². The normalized spacial score (nSPS) is 15.2. The fourth-order valence-electron chi connectivity index (χ4n) is 3.99. The van der Waals surface area contributed by atoms with Crippen LogP contribution < -0.4 is 0 Å². The minimum absolute atomic E-state index is 0.0611. The molecule has 0 aliphatic carbocycles. The maximum Gasteiger partial charge on any atom is 0.246 e. The van der Waals surface area contributed by atoms with Gasteiger partial charge in [-0.1, -0.05) is 30.3 Å². The first-order valence-corrected chi connectivity index (χ1v) is 12.4. The van der Waals surface area contributed by atoms with Crippen molar-refractivity contribution in [3.63, 3.8) is 0 Å². The van der Waals surface area contributed by atoms with E-state index in [-0.39, 0.29) is 5.91 Å². The van der Waals surface area contributed by atoms with Gasteiger partial charge >= 0.3 is 0 Å². The molecule has 0 saturated carbocycles. The van der Waals surface area contributed by atoms with Crippen LogP contribution in [0.25, 0.3) is 21.6 Å². The lowest BCUT2D eigenvalue weighted by Crippen LogP contribution is -2.47. The third-order valence-electron chi connectivity index (χ3n) is 5.69. The van der Waals surface area contributed by atoms with Crippen LogP contribution >= 0.6 is 22.7 Å². The number of piperazine rings is 1. The number of thiazole rings is 2. The molecule has 0 atom stereocenters. The number of hydrogen-bond acceptors (Lipinski definition) is 6. The molecule has 0 radical (unpaired) electrons. The standard InChI is InChI=1S/C24H25N5OS2/c1-17-14-29-21(18(2)25-24(29)32-17)8-9-22(30)28-12-10-27(11-13-28)15-20-16-31-23(26-20)19-6-4-3-5-7-19/h3-9,14,16H,10-13,15H2,1-2H3/b9-8+. The Kier molecular flexibility index (Phi) is 5.91. The molecule has 1 saturated heterocycles. The Labute approximate surface area is 195 Å². The second-order valence-corrected chi connectivity index (χ2v) is 10.1. The Hall–Kier alpha value is -2.81. The molecule has 32 heavy (non-hydrogen) atoms. The molecule has 4 aromatic rings. The fraction of sp³-hybridized carbons (Fsp3) is 0.292. The molecule has 5 rings (SSSR count). The molecule has 164 valence electrons. The number of benzene rings is 1. The number of carbonyl (C=O) groups is 1. The summed E-state index contributed by atoms with van der Waals surface area (Å²) in [5.74, 6) is 0.0611. The number of carbonyl (C=O) groups excluding carboxylic acids is 1. The SMILES string of the molecule is Cc1cn2c(/C=C/C(=O)N3CCN(Cc4csc(-c5ccccc5)n4)CC3)c(C)nc2s1. The zero-order valence-corrected chi connectivity index (χ0v) is 19.8. The number of nitrogens with zero attached hydrogens (tertiary/aromatic N) is 5. The van der Waals surface area contributed by atoms with Gasteiger partial charge in [-0.2, -0.15) is 0 Å². The van der Waals surface area contributed by atoms with Gasteiger partial charge in [0.15, 0.2) is 4.96 Å². The molecule has 6 nitrogen and oxygen atoms in total. The van der Waals surface area contributed by atoms with Crippen LogP contribution in [0.5, 0.6) is 0 Å². The Bertz CT molecular complexity index is 1260. The van der Waals surface area contributed by atoms with Crippen LogP contribution in [0.2, 0.25) is 0 Å². The molecule has 0 unspecified atom stereocenters. The van der Waals surface area contributed by atoms with Crippen molar-refractivity contribution in [2.24, 2.45) is 0 Å². The predicted octanol–water partition coefficient (Wildman–Crippen LogP) is 4.49. The first-order valence-electron chi connectivity index (χ1n) is 10.7. The first kappa shape index (κ1) is 21.1. The number of aromatic nitrogens is 3. The average Bonchev–Trinajstić information content (AvgIpc) is 3.48. The van der Waals surface area contributed by atoms with Gasteiger partial charge in [0.05, 0.1) is 17.1 Å². The summed E-state index contributed by atoms with van der Waals surface area (Å²) in [4.78, 5) is 28.6. The van der Waals surface area contributed by atoms with E-state index in [1.54, 1.807) is 28.7 Å². The maximum atomic E-state index is 12.8. The van der Waals surface area contributed by atoms with Gasteiger partial charge in [-0.3, -0.25) is 14.1 Å². The predicted molar refractivity (Wildman–Crippen MR) is 131 cm³/mol. The summed E-state index contributed by atoms with van der Waals surface area (Å²) in [5, 5.41) is 3.20. The zero-order valence-electron chi connectivity index (χ0n) is 18.2. The highest BCUT2D eigenvalue weighted by Gasteiger charge is 2.21. The second-order valence-electron chi connectivity index (χ2n) is 8.02. The van der Waals surface area contributed by atoms with Gasteiger partial charge in [-0.25, -0.2) is 9.97 Å². The van der Waals surface area contributed by atoms with E-state index in [1.807, 2.05) is 36.1 Å². The largest absolute Gasteiger partial charge is 0.337 e. The maximum absolute atomic E-state index is 12.8. The number of hydrogen-bond donors (Lipinski definition) is 0. The molecule has 1 aliphatic rings. The summed E-state index contributed by atoms with van der Waals surface area (Å²) in [5.41, 5.74) is 4.19. The van der Waals surface area contributed by atoms with E-state index in [2.05, 4.69) is 44.9 Å². The molecule has 0 bridgehead atoms. The number of fused-ring (bicyclic) bond motifs is 1. The second kappa shape index (κ2) is 8.97. The van der Waals surface area contributed by atoms with E-state index >= 15 is 0 Å². The molecule has 8 heteroatoms. The molecule has 0 N–H and O–H groups in total. The topological polar surface area (TPSA) is 53.7 Å². The van der Waals surface area contributed by atoms with Crippen LogP contribution in [0, 0.1) is 13.8 Å². The highest BCUT2D eigenvalue weighted by Crippen LogP contribution is 2.24. The lowest BCUT2D eigenvalue weighted by molar-refractivity contribution is -0.127. The van der Waals surface area contributed by atoms with E-state index in [0.29, 0.717) is 0 Å². The minimum atomic E-state index is 0.0611. The Morgan fingerprint density at radius 2 is 1.88 bits per heavy atom. The van der Waals surface area contributed by atoms with E-state index in [0.717, 1.165) is 65.3 Å². The van der Waals surface area contributed by atoms with Crippen LogP contribution in [-0.2, 0) is 11.3 Å². The van der Waals surface area contributed by atoms with Gasteiger partial charge < -0.3 is 4.90 Å². The Balaban J connectivity index is 1.17. The summed E-state index contributed by atoms with van der Waals surface area (Å²) in [6.45, 7) is 8.07. The highest BCUT2D eigenvalue weighted by molar-refractivity contribution is 7.17. The van der Waals surface area contributed by atoms with Crippen molar-refractivity contribution in [2.75, 3.05) is 26.2 Å². The monoisotopic (exact) mass is 463 g/mol. The fourth-order valence-corrected chi connectivity index (χ4v) is 5.68. The number of imidazole rings is 1. The Morgan fingerprint density at radius 3 is 2.66 bits per heavy atom. The van der Waals surface area contributed by atoms with Gasteiger partial charge in [-0.05, 0) is 19.9 Å². The van der Waals surface area contributed by atoms with Gasteiger partial charge in [-0.15, -0.1) is 22.7 Å². The van der Waals surface area contributed by atoms with Gasteiger partial charge in [0.1, 0.15) is 5.01 Å². The van der Waals surface area contributed by atoms with Gasteiger partial charge in [0.25, 0.3) is 0 Å². The number of aryl methyl sites for hydroxylation is 2. The first-order chi connectivity index (χ1) is 15.6. The third-order valence-corrected chi connectivity index (χ3v) is 7.53. The lowest BCUT2D eigenvalue weighted by Gasteiger charge is -2.33. The average molecular weight is 464 g/mol. The van der Waals surface area contributed by atoms with Crippen molar-refractivity contribution in [2.45, 2.75) is 20.4 Å². The van der Waals surface area contributed by atoms with E-state index in [9.17, 15) is 4.79 Å². The summed E-state index contributed by atoms with van der Waals surface area (Å²) < 4.78 is 2.06. The van der Waals surface area contributed by atoms with Crippen molar-refractivity contribution >= 4 is 39.6 Å². The molecular weight excluding hydrogens is 438 g/mol. The smallest absolute Gasteiger partial charge is 0.246 e. The van der Waals surface area contributed by atoms with E-state index in [1.165, 1.54) is 4.88 Å². The van der Waals surface area contributed by atoms with E-state index < -0.39 is 0 Å². The number of rotatable bonds is 5. The summed E-state index contributed by atoms with van der Waals surface area (Å²) in [6, 6.07) is 10.3. The van der Waals surface area contributed by atoms with Crippen LogP contribution in [0.1, 0.15) is 22.0 Å². The minimum Gasteiger partial charge on any atom is -0.337 e. The van der Waals surface area contributed by atoms with Crippen molar-refractivity contribution in [3.05, 3.63) is 69.9 Å². The Morgan fingerprint density at radius 1 is 1.09 bits per heavy atom.